The van der Waals surface area contributed by atoms with Crippen molar-refractivity contribution >= 4 is 23.2 Å². The second kappa shape index (κ2) is 7.07. The monoisotopic (exact) mass is 348 g/mol. The molecule has 7 heteroatoms. The predicted octanol–water partition coefficient (Wildman–Crippen LogP) is 2.38. The van der Waals surface area contributed by atoms with Crippen LogP contribution in [0.15, 0.2) is 47.6 Å². The number of hydrogen-bond donors (Lipinski definition) is 3. The van der Waals surface area contributed by atoms with Crippen molar-refractivity contribution in [1.82, 2.24) is 5.43 Å². The lowest BCUT2D eigenvalue weighted by Gasteiger charge is -2.19. The second-order valence-corrected chi connectivity index (χ2v) is 6.01. The fraction of sp³-hybridized carbons (Fsp3) is 0.158. The van der Waals surface area contributed by atoms with Gasteiger partial charge in [-0.1, -0.05) is 13.0 Å². The third kappa shape index (κ3) is 3.54. The highest BCUT2D eigenvalue weighted by Crippen LogP contribution is 2.27. The number of carbonyl (C=O) groups excluding carboxylic acids is 2. The van der Waals surface area contributed by atoms with Gasteiger partial charge in [-0.15, -0.1) is 0 Å². The van der Waals surface area contributed by atoms with Crippen LogP contribution in [-0.4, -0.2) is 22.6 Å². The van der Waals surface area contributed by atoms with Crippen molar-refractivity contribution < 1.29 is 14.7 Å². The molecule has 1 aliphatic heterocycles. The van der Waals surface area contributed by atoms with Crippen LogP contribution in [0.25, 0.3) is 0 Å². The molecule has 2 aromatic rings. The number of phenols is 1. The fourth-order valence-electron chi connectivity index (χ4n) is 2.69. The minimum atomic E-state index is -0.395. The lowest BCUT2D eigenvalue weighted by molar-refractivity contribution is -0.121. The first-order valence-corrected chi connectivity index (χ1v) is 7.99. The maximum atomic E-state index is 12.3. The van der Waals surface area contributed by atoms with Crippen molar-refractivity contribution in [3.8, 4) is 11.8 Å². The minimum Gasteiger partial charge on any atom is -0.506 e. The number of amides is 2. The molecule has 26 heavy (non-hydrogen) atoms. The molecule has 1 atom stereocenters. The summed E-state index contributed by atoms with van der Waals surface area (Å²) in [5.74, 6) is -0.705. The first kappa shape index (κ1) is 17.2. The van der Waals surface area contributed by atoms with Crippen LogP contribution in [0.4, 0.5) is 5.69 Å². The average molecular weight is 348 g/mol. The average Bonchev–Trinajstić information content (AvgIpc) is 2.63. The molecule has 0 fully saturated rings. The Kier molecular flexibility index (Phi) is 4.67. The number of nitrogens with zero attached hydrogens (tertiary/aromatic N) is 2. The Balaban J connectivity index is 1.78. The van der Waals surface area contributed by atoms with Crippen molar-refractivity contribution in [2.45, 2.75) is 13.3 Å². The van der Waals surface area contributed by atoms with Gasteiger partial charge in [0.2, 0.25) is 5.91 Å². The number of aromatic hydroxyl groups is 1. The van der Waals surface area contributed by atoms with E-state index in [1.807, 2.05) is 13.0 Å². The van der Waals surface area contributed by atoms with Gasteiger partial charge in [0.15, 0.2) is 0 Å². The van der Waals surface area contributed by atoms with E-state index in [-0.39, 0.29) is 23.3 Å². The summed E-state index contributed by atoms with van der Waals surface area (Å²) in [6.07, 6.45) is 0.330. The van der Waals surface area contributed by atoms with E-state index in [0.29, 0.717) is 28.8 Å². The van der Waals surface area contributed by atoms with Crippen LogP contribution in [0.1, 0.15) is 34.8 Å². The molecule has 1 unspecified atom stereocenters. The molecule has 3 rings (SSSR count). The van der Waals surface area contributed by atoms with Gasteiger partial charge in [0.1, 0.15) is 5.75 Å². The van der Waals surface area contributed by atoms with Crippen LogP contribution >= 0.6 is 0 Å². The van der Waals surface area contributed by atoms with Gasteiger partial charge in [-0.05, 0) is 36.4 Å². The topological polar surface area (TPSA) is 115 Å². The Morgan fingerprint density at radius 1 is 1.31 bits per heavy atom. The van der Waals surface area contributed by atoms with Crippen LogP contribution in [0.3, 0.4) is 0 Å². The molecule has 0 aromatic heterocycles. The number of carbonyl (C=O) groups is 2. The molecule has 0 spiro atoms. The number of hydrogen-bond acceptors (Lipinski definition) is 5. The third-order valence-corrected chi connectivity index (χ3v) is 4.08. The lowest BCUT2D eigenvalue weighted by Crippen LogP contribution is -2.31. The van der Waals surface area contributed by atoms with Gasteiger partial charge >= 0.3 is 0 Å². The molecule has 1 aliphatic rings. The number of nitriles is 1. The quantitative estimate of drug-likeness (QED) is 0.739. The first-order valence-electron chi connectivity index (χ1n) is 7.99. The summed E-state index contributed by atoms with van der Waals surface area (Å²) in [6, 6.07) is 13.0. The maximum absolute atomic E-state index is 12.3. The van der Waals surface area contributed by atoms with E-state index in [2.05, 4.69) is 15.8 Å². The molecular weight excluding hydrogens is 332 g/mol. The molecule has 7 nitrogen and oxygen atoms in total. The summed E-state index contributed by atoms with van der Waals surface area (Å²) in [4.78, 5) is 23.6. The standard InChI is InChI=1S/C19H16N4O3/c1-11-8-17(25)22-23-18(11)14-6-7-15(16(24)9-14)21-19(26)13-4-2-12(10-20)3-5-13/h2-7,9,11,24H,8H2,1H3,(H,21,26)(H,22,25). The summed E-state index contributed by atoms with van der Waals surface area (Å²) in [5, 5.41) is 25.7. The number of nitrogens with one attached hydrogen (secondary N) is 2. The third-order valence-electron chi connectivity index (χ3n) is 4.08. The molecule has 0 saturated heterocycles. The molecule has 0 bridgehead atoms. The van der Waals surface area contributed by atoms with E-state index in [1.54, 1.807) is 36.4 Å². The van der Waals surface area contributed by atoms with E-state index < -0.39 is 5.91 Å². The zero-order chi connectivity index (χ0) is 18.7. The van der Waals surface area contributed by atoms with Crippen molar-refractivity contribution in [2.75, 3.05) is 5.32 Å². The molecule has 0 aliphatic carbocycles. The maximum Gasteiger partial charge on any atom is 0.255 e. The van der Waals surface area contributed by atoms with Gasteiger partial charge in [-0.3, -0.25) is 9.59 Å². The normalized spacial score (nSPS) is 16.2. The lowest BCUT2D eigenvalue weighted by atomic mass is 9.94. The van der Waals surface area contributed by atoms with Crippen molar-refractivity contribution in [2.24, 2.45) is 11.0 Å². The largest absolute Gasteiger partial charge is 0.506 e. The van der Waals surface area contributed by atoms with Gasteiger partial charge in [-0.2, -0.15) is 10.4 Å². The number of phenolic OH excluding ortho intramolecular Hbond substituents is 1. The number of hydrazone groups is 1. The van der Waals surface area contributed by atoms with Crippen LogP contribution in [0, 0.1) is 17.2 Å². The molecule has 1 heterocycles. The zero-order valence-electron chi connectivity index (χ0n) is 14.0. The molecule has 0 saturated carbocycles. The van der Waals surface area contributed by atoms with Gasteiger partial charge in [0.05, 0.1) is 23.0 Å². The highest BCUT2D eigenvalue weighted by molar-refractivity contribution is 6.08. The van der Waals surface area contributed by atoms with Crippen molar-refractivity contribution in [1.29, 1.82) is 5.26 Å². The minimum absolute atomic E-state index is 0.0674. The zero-order valence-corrected chi connectivity index (χ0v) is 14.0. The number of rotatable bonds is 3. The van der Waals surface area contributed by atoms with Crippen LogP contribution in [0.2, 0.25) is 0 Å². The van der Waals surface area contributed by atoms with Crippen molar-refractivity contribution in [3.05, 3.63) is 59.2 Å². The Labute approximate surface area is 150 Å². The summed E-state index contributed by atoms with van der Waals surface area (Å²) in [6.45, 7) is 1.88. The van der Waals surface area contributed by atoms with Gasteiger partial charge in [0.25, 0.3) is 5.91 Å². The van der Waals surface area contributed by atoms with E-state index in [9.17, 15) is 14.7 Å². The molecule has 130 valence electrons. The fourth-order valence-corrected chi connectivity index (χ4v) is 2.69. The van der Waals surface area contributed by atoms with E-state index >= 15 is 0 Å². The SMILES string of the molecule is CC1CC(=O)NN=C1c1ccc(NC(=O)c2ccc(C#N)cc2)c(O)c1. The predicted molar refractivity (Wildman–Crippen MR) is 95.7 cm³/mol. The molecule has 2 aromatic carbocycles. The molecule has 2 amide bonds. The van der Waals surface area contributed by atoms with E-state index in [1.165, 1.54) is 6.07 Å². The molecular formula is C19H16N4O3. The Morgan fingerprint density at radius 2 is 2.04 bits per heavy atom. The van der Waals surface area contributed by atoms with Crippen molar-refractivity contribution in [3.63, 3.8) is 0 Å². The second-order valence-electron chi connectivity index (χ2n) is 6.01. The van der Waals surface area contributed by atoms with Crippen LogP contribution in [-0.2, 0) is 4.79 Å². The van der Waals surface area contributed by atoms with E-state index in [4.69, 9.17) is 5.26 Å². The Morgan fingerprint density at radius 3 is 2.65 bits per heavy atom. The highest BCUT2D eigenvalue weighted by atomic mass is 16.3. The van der Waals surface area contributed by atoms with Crippen LogP contribution < -0.4 is 10.7 Å². The van der Waals surface area contributed by atoms with Gasteiger partial charge in [-0.25, -0.2) is 5.43 Å². The first-order chi connectivity index (χ1) is 12.5. The molecule has 3 N–H and O–H groups in total. The summed E-state index contributed by atoms with van der Waals surface area (Å²) >= 11 is 0. The van der Waals surface area contributed by atoms with Gasteiger partial charge in [0, 0.05) is 23.5 Å². The Bertz CT molecular complexity index is 942. The Hall–Kier alpha value is -3.66. The summed E-state index contributed by atoms with van der Waals surface area (Å²) in [5.41, 5.74) is 4.87. The van der Waals surface area contributed by atoms with Gasteiger partial charge < -0.3 is 10.4 Å². The van der Waals surface area contributed by atoms with Crippen LogP contribution in [0.5, 0.6) is 5.75 Å². The smallest absolute Gasteiger partial charge is 0.255 e. The highest BCUT2D eigenvalue weighted by Gasteiger charge is 2.22. The summed E-state index contributed by atoms with van der Waals surface area (Å²) in [7, 11) is 0. The number of anilines is 1. The molecule has 0 radical (unpaired) electrons. The van der Waals surface area contributed by atoms with E-state index in [0.717, 1.165) is 0 Å². The summed E-state index contributed by atoms with van der Waals surface area (Å²) < 4.78 is 0. The number of benzene rings is 2.